The summed E-state index contributed by atoms with van der Waals surface area (Å²) in [6.45, 7) is 0.476. The van der Waals surface area contributed by atoms with E-state index in [1.165, 1.54) is 13.2 Å². The molecule has 0 aromatic heterocycles. The molecule has 2 amide bonds. The van der Waals surface area contributed by atoms with Crippen LogP contribution in [0.15, 0.2) is 42.5 Å². The van der Waals surface area contributed by atoms with E-state index in [0.29, 0.717) is 12.2 Å². The van der Waals surface area contributed by atoms with Gasteiger partial charge in [0.15, 0.2) is 11.6 Å². The van der Waals surface area contributed by atoms with Gasteiger partial charge in [-0.1, -0.05) is 6.07 Å². The van der Waals surface area contributed by atoms with E-state index in [1.54, 1.807) is 36.4 Å². The molecule has 2 aromatic rings. The zero-order chi connectivity index (χ0) is 15.2. The molecule has 0 aliphatic heterocycles. The second kappa shape index (κ2) is 6.60. The minimum Gasteiger partial charge on any atom is -0.494 e. The highest BCUT2D eigenvalue weighted by atomic mass is 19.1. The third-order valence-electron chi connectivity index (χ3n) is 2.87. The smallest absolute Gasteiger partial charge is 0.316 e. The van der Waals surface area contributed by atoms with Crippen LogP contribution in [0.2, 0.25) is 0 Å². The molecule has 0 saturated carbocycles. The highest BCUT2D eigenvalue weighted by molar-refractivity contribution is 5.87. The number of hydrogen-bond acceptors (Lipinski definition) is 3. The van der Waals surface area contributed by atoms with Crippen LogP contribution in [0, 0.1) is 5.82 Å². The number of ether oxygens (including phenoxy) is 1. The molecule has 2 rings (SSSR count). The quantitative estimate of drug-likeness (QED) is 0.792. The summed E-state index contributed by atoms with van der Waals surface area (Å²) >= 11 is 0. The van der Waals surface area contributed by atoms with Crippen molar-refractivity contribution >= 4 is 17.4 Å². The Kier molecular flexibility index (Phi) is 4.61. The first-order chi connectivity index (χ1) is 10.1. The van der Waals surface area contributed by atoms with Crippen LogP contribution >= 0.6 is 0 Å². The van der Waals surface area contributed by atoms with E-state index >= 15 is 0 Å². The van der Waals surface area contributed by atoms with Crippen molar-refractivity contribution < 1.29 is 13.9 Å². The van der Waals surface area contributed by atoms with Gasteiger partial charge in [-0.15, -0.1) is 0 Å². The lowest BCUT2D eigenvalue weighted by Gasteiger charge is -2.09. The van der Waals surface area contributed by atoms with Gasteiger partial charge >= 0.3 is 6.03 Å². The molecule has 0 atom stereocenters. The van der Waals surface area contributed by atoms with Crippen LogP contribution in [0.25, 0.3) is 0 Å². The number of carbonyl (C=O) groups excluding carboxylic acids is 1. The maximum absolute atomic E-state index is 13.5. The van der Waals surface area contributed by atoms with Gasteiger partial charge in [-0.3, -0.25) is 0 Å². The van der Waals surface area contributed by atoms with E-state index in [-0.39, 0.29) is 5.75 Å². The highest BCUT2D eigenvalue weighted by Crippen LogP contribution is 2.19. The number of nitrogens with one attached hydrogen (secondary N) is 2. The number of primary amides is 1. The van der Waals surface area contributed by atoms with Gasteiger partial charge in [0.2, 0.25) is 0 Å². The number of hydrogen-bond donors (Lipinski definition) is 3. The van der Waals surface area contributed by atoms with Crippen molar-refractivity contribution in [3.63, 3.8) is 0 Å². The van der Waals surface area contributed by atoms with Gasteiger partial charge in [0, 0.05) is 17.9 Å². The van der Waals surface area contributed by atoms with Crippen molar-refractivity contribution in [2.24, 2.45) is 5.73 Å². The number of carbonyl (C=O) groups is 1. The summed E-state index contributed by atoms with van der Waals surface area (Å²) in [5.41, 5.74) is 7.29. The van der Waals surface area contributed by atoms with Crippen molar-refractivity contribution in [2.45, 2.75) is 6.54 Å². The van der Waals surface area contributed by atoms with Crippen molar-refractivity contribution in [1.82, 2.24) is 0 Å². The van der Waals surface area contributed by atoms with E-state index in [2.05, 4.69) is 10.6 Å². The van der Waals surface area contributed by atoms with E-state index in [9.17, 15) is 9.18 Å². The maximum Gasteiger partial charge on any atom is 0.316 e. The van der Waals surface area contributed by atoms with E-state index < -0.39 is 11.8 Å². The Morgan fingerprint density at radius 3 is 2.43 bits per heavy atom. The Labute approximate surface area is 121 Å². The molecule has 0 heterocycles. The molecule has 0 bridgehead atoms. The van der Waals surface area contributed by atoms with Crippen molar-refractivity contribution in [3.05, 3.63) is 53.8 Å². The lowest BCUT2D eigenvalue weighted by atomic mass is 10.2. The minimum atomic E-state index is -0.607. The number of amides is 2. The summed E-state index contributed by atoms with van der Waals surface area (Å²) in [5.74, 6) is -0.168. The van der Waals surface area contributed by atoms with Crippen LogP contribution in [-0.4, -0.2) is 13.1 Å². The SMILES string of the molecule is COc1ccc(CNc2ccc(NC(N)=O)cc2)cc1F. The zero-order valence-corrected chi connectivity index (χ0v) is 11.5. The molecule has 0 aliphatic carbocycles. The summed E-state index contributed by atoms with van der Waals surface area (Å²) in [5, 5.41) is 5.63. The molecule has 0 spiro atoms. The lowest BCUT2D eigenvalue weighted by Crippen LogP contribution is -2.19. The van der Waals surface area contributed by atoms with Gasteiger partial charge in [-0.2, -0.15) is 0 Å². The topological polar surface area (TPSA) is 76.4 Å². The van der Waals surface area contributed by atoms with Crippen molar-refractivity contribution in [2.75, 3.05) is 17.7 Å². The molecule has 0 unspecified atom stereocenters. The van der Waals surface area contributed by atoms with Gasteiger partial charge in [0.05, 0.1) is 7.11 Å². The van der Waals surface area contributed by atoms with E-state index in [1.807, 2.05) is 0 Å². The normalized spacial score (nSPS) is 10.0. The molecule has 21 heavy (non-hydrogen) atoms. The molecule has 0 fully saturated rings. The number of rotatable bonds is 5. The molecular formula is C15H16FN3O2. The first-order valence-corrected chi connectivity index (χ1v) is 6.31. The Balaban J connectivity index is 1.96. The lowest BCUT2D eigenvalue weighted by molar-refractivity contribution is 0.259. The summed E-state index contributed by atoms with van der Waals surface area (Å²) in [6, 6.07) is 11.2. The Hall–Kier alpha value is -2.76. The van der Waals surface area contributed by atoms with Crippen LogP contribution in [0.3, 0.4) is 0 Å². The number of methoxy groups -OCH3 is 1. The average molecular weight is 289 g/mol. The van der Waals surface area contributed by atoms with Crippen molar-refractivity contribution in [1.29, 1.82) is 0 Å². The minimum absolute atomic E-state index is 0.223. The van der Waals surface area contributed by atoms with Crippen molar-refractivity contribution in [3.8, 4) is 5.75 Å². The Morgan fingerprint density at radius 2 is 1.86 bits per heavy atom. The predicted octanol–water partition coefficient (Wildman–Crippen LogP) is 2.94. The fourth-order valence-electron chi connectivity index (χ4n) is 1.84. The maximum atomic E-state index is 13.5. The molecule has 110 valence electrons. The predicted molar refractivity (Wildman–Crippen MR) is 79.9 cm³/mol. The highest BCUT2D eigenvalue weighted by Gasteiger charge is 2.03. The Bertz CT molecular complexity index is 629. The van der Waals surface area contributed by atoms with Gasteiger partial charge in [-0.25, -0.2) is 9.18 Å². The largest absolute Gasteiger partial charge is 0.494 e. The first-order valence-electron chi connectivity index (χ1n) is 6.31. The van der Waals surface area contributed by atoms with Gasteiger partial charge in [-0.05, 0) is 42.0 Å². The second-order valence-electron chi connectivity index (χ2n) is 4.39. The molecule has 0 saturated heterocycles. The van der Waals surface area contributed by atoms with Crippen LogP contribution in [-0.2, 0) is 6.54 Å². The van der Waals surface area contributed by atoms with Crippen LogP contribution < -0.4 is 21.1 Å². The monoisotopic (exact) mass is 289 g/mol. The first kappa shape index (κ1) is 14.6. The van der Waals surface area contributed by atoms with Crippen LogP contribution in [0.1, 0.15) is 5.56 Å². The number of benzene rings is 2. The molecule has 5 nitrogen and oxygen atoms in total. The second-order valence-corrected chi connectivity index (χ2v) is 4.39. The fraction of sp³-hybridized carbons (Fsp3) is 0.133. The van der Waals surface area contributed by atoms with Gasteiger partial charge in [0.25, 0.3) is 0 Å². The van der Waals surface area contributed by atoms with Crippen LogP contribution in [0.5, 0.6) is 5.75 Å². The number of anilines is 2. The number of urea groups is 1. The number of halogens is 1. The third kappa shape index (κ3) is 4.10. The third-order valence-corrected chi connectivity index (χ3v) is 2.87. The molecule has 0 radical (unpaired) electrons. The van der Waals surface area contributed by atoms with Crippen LogP contribution in [0.4, 0.5) is 20.6 Å². The molecule has 4 N–H and O–H groups in total. The molecule has 0 aliphatic rings. The summed E-state index contributed by atoms with van der Waals surface area (Å²) in [6.07, 6.45) is 0. The van der Waals surface area contributed by atoms with Gasteiger partial charge in [0.1, 0.15) is 0 Å². The van der Waals surface area contributed by atoms with E-state index in [4.69, 9.17) is 10.5 Å². The molecular weight excluding hydrogens is 273 g/mol. The molecule has 6 heteroatoms. The standard InChI is InChI=1S/C15H16FN3O2/c1-21-14-7-2-10(8-13(14)16)9-18-11-3-5-12(6-4-11)19-15(17)20/h2-8,18H,9H2,1H3,(H3,17,19,20). The summed E-state index contributed by atoms with van der Waals surface area (Å²) < 4.78 is 18.4. The summed E-state index contributed by atoms with van der Waals surface area (Å²) in [7, 11) is 1.43. The van der Waals surface area contributed by atoms with Gasteiger partial charge < -0.3 is 21.1 Å². The molecule has 2 aromatic carbocycles. The summed E-state index contributed by atoms with van der Waals surface area (Å²) in [4.78, 5) is 10.7. The number of nitrogens with two attached hydrogens (primary N) is 1. The van der Waals surface area contributed by atoms with E-state index in [0.717, 1.165) is 11.3 Å². The average Bonchev–Trinajstić information content (AvgIpc) is 2.46. The Morgan fingerprint density at radius 1 is 1.19 bits per heavy atom. The zero-order valence-electron chi connectivity index (χ0n) is 11.5. The fourth-order valence-corrected chi connectivity index (χ4v) is 1.84.